The van der Waals surface area contributed by atoms with Crippen LogP contribution in [0.3, 0.4) is 0 Å². The highest BCUT2D eigenvalue weighted by molar-refractivity contribution is 5.92. The molecular weight excluding hydrogens is 453 g/mol. The SMILES string of the molecule is O=C1Oc2cc(CCNc3ncnc4nccnc34)ccc2C1(O)c1cc(C(F)(F)F)ccn1. The zero-order chi connectivity index (χ0) is 23.9. The van der Waals surface area contributed by atoms with Gasteiger partial charge in [-0.15, -0.1) is 0 Å². The van der Waals surface area contributed by atoms with E-state index in [0.717, 1.165) is 17.8 Å². The first-order chi connectivity index (χ1) is 16.3. The van der Waals surface area contributed by atoms with Crippen molar-refractivity contribution < 1.29 is 27.8 Å². The standard InChI is InChI=1S/C22H15F3N6O3/c23-22(24,25)13-4-6-26-16(10-13)21(33)14-2-1-12(9-15(14)34-20(21)32)3-5-28-18-17-19(31-11-30-18)29-8-7-27-17/h1-2,4,6-11,33H,3,5H2,(H,28,29,30,31). The summed E-state index contributed by atoms with van der Waals surface area (Å²) in [5.41, 5.74) is -2.18. The Kier molecular flexibility index (Phi) is 5.09. The van der Waals surface area contributed by atoms with Gasteiger partial charge in [0, 0.05) is 30.7 Å². The number of hydrogen-bond donors (Lipinski definition) is 2. The number of pyridine rings is 1. The number of halogens is 3. The highest BCUT2D eigenvalue weighted by Crippen LogP contribution is 2.43. The number of nitrogens with zero attached hydrogens (tertiary/aromatic N) is 5. The van der Waals surface area contributed by atoms with Crippen LogP contribution in [0.5, 0.6) is 5.75 Å². The predicted octanol–water partition coefficient (Wildman–Crippen LogP) is 2.64. The first kappa shape index (κ1) is 21.6. The molecule has 0 bridgehead atoms. The maximum absolute atomic E-state index is 13.1. The van der Waals surface area contributed by atoms with Crippen LogP contribution >= 0.6 is 0 Å². The molecule has 0 radical (unpaired) electrons. The van der Waals surface area contributed by atoms with Gasteiger partial charge in [0.15, 0.2) is 11.5 Å². The molecule has 0 spiro atoms. The third kappa shape index (κ3) is 3.67. The number of carbonyl (C=O) groups is 1. The Bertz CT molecular complexity index is 1410. The van der Waals surface area contributed by atoms with E-state index in [1.165, 1.54) is 24.8 Å². The Hall–Kier alpha value is -4.19. The van der Waals surface area contributed by atoms with Crippen molar-refractivity contribution in [3.05, 3.63) is 77.6 Å². The van der Waals surface area contributed by atoms with Gasteiger partial charge >= 0.3 is 12.1 Å². The number of carbonyl (C=O) groups excluding carboxylic acids is 1. The molecule has 0 saturated heterocycles. The number of aromatic nitrogens is 5. The number of esters is 1. The summed E-state index contributed by atoms with van der Waals surface area (Å²) in [6.45, 7) is 0.439. The number of alkyl halides is 3. The van der Waals surface area contributed by atoms with Crippen LogP contribution in [-0.4, -0.2) is 42.5 Å². The molecule has 1 aromatic carbocycles. The van der Waals surface area contributed by atoms with Crippen LogP contribution < -0.4 is 10.1 Å². The highest BCUT2D eigenvalue weighted by atomic mass is 19.4. The minimum Gasteiger partial charge on any atom is -0.423 e. The van der Waals surface area contributed by atoms with Crippen LogP contribution in [0, 0.1) is 0 Å². The normalized spacial score (nSPS) is 17.5. The average molecular weight is 468 g/mol. The van der Waals surface area contributed by atoms with Crippen molar-refractivity contribution in [2.45, 2.75) is 18.2 Å². The van der Waals surface area contributed by atoms with E-state index in [9.17, 15) is 23.1 Å². The minimum atomic E-state index is -4.66. The molecule has 1 unspecified atom stereocenters. The van der Waals surface area contributed by atoms with E-state index in [1.807, 2.05) is 0 Å². The fourth-order valence-corrected chi connectivity index (χ4v) is 3.69. The van der Waals surface area contributed by atoms with E-state index in [0.29, 0.717) is 36.0 Å². The third-order valence-electron chi connectivity index (χ3n) is 5.37. The summed E-state index contributed by atoms with van der Waals surface area (Å²) in [5.74, 6) is -0.547. The number of benzene rings is 1. The fourth-order valence-electron chi connectivity index (χ4n) is 3.69. The van der Waals surface area contributed by atoms with Gasteiger partial charge in [0.2, 0.25) is 5.60 Å². The maximum Gasteiger partial charge on any atom is 0.416 e. The molecule has 0 aliphatic carbocycles. The maximum atomic E-state index is 13.1. The van der Waals surface area contributed by atoms with Crippen LogP contribution in [0.15, 0.2) is 55.2 Å². The van der Waals surface area contributed by atoms with Gasteiger partial charge < -0.3 is 15.2 Å². The van der Waals surface area contributed by atoms with Gasteiger partial charge in [0.25, 0.3) is 0 Å². The highest BCUT2D eigenvalue weighted by Gasteiger charge is 2.51. The quantitative estimate of drug-likeness (QED) is 0.336. The summed E-state index contributed by atoms with van der Waals surface area (Å²) in [4.78, 5) is 32.9. The van der Waals surface area contributed by atoms with Crippen molar-refractivity contribution in [2.24, 2.45) is 0 Å². The fraction of sp³-hybridized carbons (Fsp3) is 0.182. The summed E-state index contributed by atoms with van der Waals surface area (Å²) in [6.07, 6.45) is 1.15. The monoisotopic (exact) mass is 468 g/mol. The third-order valence-corrected chi connectivity index (χ3v) is 5.37. The molecule has 1 aliphatic rings. The van der Waals surface area contributed by atoms with Gasteiger partial charge in [0.05, 0.1) is 11.3 Å². The molecule has 0 saturated carbocycles. The van der Waals surface area contributed by atoms with Gasteiger partial charge in [-0.05, 0) is 30.2 Å². The lowest BCUT2D eigenvalue weighted by molar-refractivity contribution is -0.148. The van der Waals surface area contributed by atoms with Crippen molar-refractivity contribution in [1.82, 2.24) is 24.9 Å². The van der Waals surface area contributed by atoms with E-state index < -0.39 is 29.0 Å². The van der Waals surface area contributed by atoms with Crippen molar-refractivity contribution in [3.8, 4) is 5.75 Å². The number of fused-ring (bicyclic) bond motifs is 2. The largest absolute Gasteiger partial charge is 0.423 e. The number of aliphatic hydroxyl groups is 1. The van der Waals surface area contributed by atoms with Crippen LogP contribution in [-0.2, 0) is 23.0 Å². The Labute approximate surface area is 189 Å². The van der Waals surface area contributed by atoms with Crippen molar-refractivity contribution in [3.63, 3.8) is 0 Å². The number of hydrogen-bond acceptors (Lipinski definition) is 9. The average Bonchev–Trinajstić information content (AvgIpc) is 3.09. The second-order valence-electron chi connectivity index (χ2n) is 7.49. The van der Waals surface area contributed by atoms with Gasteiger partial charge in [-0.3, -0.25) is 4.98 Å². The molecule has 12 heteroatoms. The lowest BCUT2D eigenvalue weighted by Gasteiger charge is -2.19. The first-order valence-electron chi connectivity index (χ1n) is 10.0. The molecule has 4 aromatic rings. The zero-order valence-electron chi connectivity index (χ0n) is 17.2. The summed E-state index contributed by atoms with van der Waals surface area (Å²) < 4.78 is 44.5. The summed E-state index contributed by atoms with van der Waals surface area (Å²) in [6, 6.07) is 6.06. The summed E-state index contributed by atoms with van der Waals surface area (Å²) in [5, 5.41) is 14.2. The predicted molar refractivity (Wildman–Crippen MR) is 112 cm³/mol. The Morgan fingerprint density at radius 3 is 2.65 bits per heavy atom. The van der Waals surface area contributed by atoms with Crippen LogP contribution in [0.1, 0.15) is 22.4 Å². The molecular formula is C22H15F3N6O3. The van der Waals surface area contributed by atoms with Crippen LogP contribution in [0.2, 0.25) is 0 Å². The Balaban J connectivity index is 1.37. The van der Waals surface area contributed by atoms with Gasteiger partial charge in [0.1, 0.15) is 17.6 Å². The number of ether oxygens (including phenoxy) is 1. The second kappa shape index (κ2) is 7.99. The van der Waals surface area contributed by atoms with E-state index in [2.05, 4.69) is 30.2 Å². The van der Waals surface area contributed by atoms with Crippen molar-refractivity contribution >= 4 is 23.0 Å². The molecule has 1 atom stereocenters. The van der Waals surface area contributed by atoms with E-state index >= 15 is 0 Å². The minimum absolute atomic E-state index is 0.0260. The first-order valence-corrected chi connectivity index (χ1v) is 10.0. The van der Waals surface area contributed by atoms with Crippen molar-refractivity contribution in [2.75, 3.05) is 11.9 Å². The molecule has 9 nitrogen and oxygen atoms in total. The van der Waals surface area contributed by atoms with Crippen molar-refractivity contribution in [1.29, 1.82) is 0 Å². The lowest BCUT2D eigenvalue weighted by atomic mass is 9.89. The lowest BCUT2D eigenvalue weighted by Crippen LogP contribution is -2.36. The van der Waals surface area contributed by atoms with Crippen LogP contribution in [0.4, 0.5) is 19.0 Å². The molecule has 3 aromatic heterocycles. The number of nitrogens with one attached hydrogen (secondary N) is 1. The Morgan fingerprint density at radius 1 is 1.00 bits per heavy atom. The molecule has 2 N–H and O–H groups in total. The molecule has 1 aliphatic heterocycles. The molecule has 5 rings (SSSR count). The second-order valence-corrected chi connectivity index (χ2v) is 7.49. The molecule has 0 fully saturated rings. The smallest absolute Gasteiger partial charge is 0.416 e. The number of rotatable bonds is 5. The molecule has 4 heterocycles. The summed E-state index contributed by atoms with van der Waals surface area (Å²) in [7, 11) is 0. The van der Waals surface area contributed by atoms with Gasteiger partial charge in [-0.1, -0.05) is 12.1 Å². The van der Waals surface area contributed by atoms with Gasteiger partial charge in [-0.25, -0.2) is 24.7 Å². The molecule has 0 amide bonds. The van der Waals surface area contributed by atoms with E-state index in [1.54, 1.807) is 12.1 Å². The Morgan fingerprint density at radius 2 is 1.82 bits per heavy atom. The van der Waals surface area contributed by atoms with Gasteiger partial charge in [-0.2, -0.15) is 13.2 Å². The van der Waals surface area contributed by atoms with E-state index in [-0.39, 0.29) is 11.3 Å². The van der Waals surface area contributed by atoms with E-state index in [4.69, 9.17) is 4.74 Å². The molecule has 34 heavy (non-hydrogen) atoms. The molecule has 172 valence electrons. The topological polar surface area (TPSA) is 123 Å². The summed E-state index contributed by atoms with van der Waals surface area (Å²) >= 11 is 0. The zero-order valence-corrected chi connectivity index (χ0v) is 17.2. The number of anilines is 1. The van der Waals surface area contributed by atoms with Crippen LogP contribution in [0.25, 0.3) is 11.2 Å².